The topological polar surface area (TPSA) is 65.8 Å². The Labute approximate surface area is 202 Å². The molecule has 1 atom stereocenters. The smallest absolute Gasteiger partial charge is 0.322 e. The quantitative estimate of drug-likeness (QED) is 0.415. The van der Waals surface area contributed by atoms with E-state index in [2.05, 4.69) is 17.4 Å². The summed E-state index contributed by atoms with van der Waals surface area (Å²) in [5.74, 6) is 0.610. The van der Waals surface area contributed by atoms with Gasteiger partial charge in [-0.15, -0.1) is 0 Å². The van der Waals surface area contributed by atoms with Gasteiger partial charge in [0.2, 0.25) is 5.91 Å². The molecule has 0 aliphatic carbocycles. The van der Waals surface area contributed by atoms with Crippen LogP contribution in [0.4, 0.5) is 10.5 Å². The summed E-state index contributed by atoms with van der Waals surface area (Å²) < 4.78 is 5.50. The Morgan fingerprint density at radius 1 is 1.00 bits per heavy atom. The lowest BCUT2D eigenvalue weighted by molar-refractivity contribution is -0.133. The van der Waals surface area contributed by atoms with Gasteiger partial charge >= 0.3 is 6.03 Å². The van der Waals surface area contributed by atoms with E-state index in [4.69, 9.17) is 4.42 Å². The van der Waals surface area contributed by atoms with Crippen molar-refractivity contribution in [2.75, 3.05) is 18.4 Å². The highest BCUT2D eigenvalue weighted by Gasteiger charge is 2.25. The van der Waals surface area contributed by atoms with Crippen LogP contribution in [0.25, 0.3) is 0 Å². The van der Waals surface area contributed by atoms with E-state index in [0.29, 0.717) is 13.1 Å². The number of hydrogen-bond acceptors (Lipinski definition) is 3. The van der Waals surface area contributed by atoms with Crippen molar-refractivity contribution >= 4 is 17.6 Å². The molecular weight excluding hydrogens is 426 g/mol. The van der Waals surface area contributed by atoms with Crippen molar-refractivity contribution < 1.29 is 14.0 Å². The average Bonchev–Trinajstić information content (AvgIpc) is 3.35. The summed E-state index contributed by atoms with van der Waals surface area (Å²) in [6.07, 6.45) is 3.08. The van der Waals surface area contributed by atoms with E-state index in [1.165, 1.54) is 5.56 Å². The summed E-state index contributed by atoms with van der Waals surface area (Å²) in [5.41, 5.74) is 4.16. The lowest BCUT2D eigenvalue weighted by Crippen LogP contribution is -2.48. The molecule has 6 heteroatoms. The van der Waals surface area contributed by atoms with E-state index in [1.54, 1.807) is 16.1 Å². The Balaban J connectivity index is 1.73. The minimum atomic E-state index is -0.271. The number of amides is 3. The van der Waals surface area contributed by atoms with Gasteiger partial charge < -0.3 is 19.5 Å². The summed E-state index contributed by atoms with van der Waals surface area (Å²) in [6.45, 7) is 8.94. The standard InChI is InChI=1S/C28H35N3O3/c1-5-23(4)31(28(33)29-25-14-13-21(2)22(3)18-25)20-27(32)30(19-26-12-9-17-34-26)16-15-24-10-7-6-8-11-24/h6-14,17-18,23H,5,15-16,19-20H2,1-4H3,(H,29,33). The molecule has 1 heterocycles. The number of carbonyl (C=O) groups excluding carboxylic acids is 2. The van der Waals surface area contributed by atoms with Gasteiger partial charge in [-0.3, -0.25) is 4.79 Å². The third kappa shape index (κ3) is 6.98. The number of rotatable bonds is 10. The molecule has 0 aliphatic heterocycles. The Hall–Kier alpha value is -3.54. The minimum absolute atomic E-state index is 0.00117. The van der Waals surface area contributed by atoms with E-state index < -0.39 is 0 Å². The van der Waals surface area contributed by atoms with Gasteiger partial charge in [-0.05, 0) is 74.6 Å². The number of benzene rings is 2. The van der Waals surface area contributed by atoms with Crippen molar-refractivity contribution in [3.8, 4) is 0 Å². The van der Waals surface area contributed by atoms with Crippen LogP contribution in [0.5, 0.6) is 0 Å². The van der Waals surface area contributed by atoms with Crippen LogP contribution in [-0.4, -0.2) is 40.9 Å². The van der Waals surface area contributed by atoms with E-state index in [1.807, 2.05) is 76.2 Å². The summed E-state index contributed by atoms with van der Waals surface area (Å²) in [4.78, 5) is 30.0. The van der Waals surface area contributed by atoms with Gasteiger partial charge in [-0.25, -0.2) is 4.79 Å². The summed E-state index contributed by atoms with van der Waals surface area (Å²) in [6, 6.07) is 19.2. The number of hydrogen-bond donors (Lipinski definition) is 1. The second-order valence-corrected chi connectivity index (χ2v) is 8.74. The zero-order valence-electron chi connectivity index (χ0n) is 20.6. The summed E-state index contributed by atoms with van der Waals surface area (Å²) in [7, 11) is 0. The number of anilines is 1. The molecule has 34 heavy (non-hydrogen) atoms. The first kappa shape index (κ1) is 25.1. The molecule has 180 valence electrons. The molecule has 0 spiro atoms. The molecule has 0 aliphatic rings. The van der Waals surface area contributed by atoms with Crippen LogP contribution in [0.15, 0.2) is 71.3 Å². The van der Waals surface area contributed by atoms with Crippen LogP contribution in [0.1, 0.15) is 42.7 Å². The molecule has 3 rings (SSSR count). The van der Waals surface area contributed by atoms with Crippen LogP contribution in [0, 0.1) is 13.8 Å². The first-order valence-corrected chi connectivity index (χ1v) is 11.9. The largest absolute Gasteiger partial charge is 0.467 e. The van der Waals surface area contributed by atoms with Crippen molar-refractivity contribution in [3.05, 3.63) is 89.4 Å². The van der Waals surface area contributed by atoms with Crippen LogP contribution in [0.2, 0.25) is 0 Å². The fourth-order valence-electron chi connectivity index (χ4n) is 3.70. The molecule has 1 unspecified atom stereocenters. The summed E-state index contributed by atoms with van der Waals surface area (Å²) >= 11 is 0. The molecule has 0 radical (unpaired) electrons. The average molecular weight is 462 g/mol. The SMILES string of the molecule is CCC(C)N(CC(=O)N(CCc1ccccc1)Cc1ccco1)C(=O)Nc1ccc(C)c(C)c1. The lowest BCUT2D eigenvalue weighted by Gasteiger charge is -2.31. The fourth-order valence-corrected chi connectivity index (χ4v) is 3.70. The van der Waals surface area contributed by atoms with E-state index in [9.17, 15) is 9.59 Å². The highest BCUT2D eigenvalue weighted by Crippen LogP contribution is 2.17. The van der Waals surface area contributed by atoms with Crippen LogP contribution >= 0.6 is 0 Å². The van der Waals surface area contributed by atoms with Gasteiger partial charge in [0.25, 0.3) is 0 Å². The monoisotopic (exact) mass is 461 g/mol. The van der Waals surface area contributed by atoms with E-state index in [-0.39, 0.29) is 24.5 Å². The Morgan fingerprint density at radius 2 is 1.76 bits per heavy atom. The molecule has 3 aromatic rings. The van der Waals surface area contributed by atoms with Gasteiger partial charge in [-0.2, -0.15) is 0 Å². The number of carbonyl (C=O) groups is 2. The zero-order chi connectivity index (χ0) is 24.5. The fraction of sp³-hybridized carbons (Fsp3) is 0.357. The maximum Gasteiger partial charge on any atom is 0.322 e. The lowest BCUT2D eigenvalue weighted by atomic mass is 10.1. The van der Waals surface area contributed by atoms with Crippen LogP contribution in [0.3, 0.4) is 0 Å². The van der Waals surface area contributed by atoms with Crippen molar-refractivity contribution in [2.45, 2.75) is 53.1 Å². The van der Waals surface area contributed by atoms with Gasteiger partial charge in [0, 0.05) is 18.3 Å². The van der Waals surface area contributed by atoms with Gasteiger partial charge in [0.1, 0.15) is 12.3 Å². The first-order valence-electron chi connectivity index (χ1n) is 11.9. The normalized spacial score (nSPS) is 11.6. The second kappa shape index (κ2) is 12.1. The molecule has 1 aromatic heterocycles. The predicted octanol–water partition coefficient (Wildman–Crippen LogP) is 5.80. The van der Waals surface area contributed by atoms with Crippen molar-refractivity contribution in [3.63, 3.8) is 0 Å². The highest BCUT2D eigenvalue weighted by molar-refractivity contribution is 5.92. The summed E-state index contributed by atoms with van der Waals surface area (Å²) in [5, 5.41) is 2.97. The van der Waals surface area contributed by atoms with Crippen LogP contribution in [-0.2, 0) is 17.8 Å². The van der Waals surface area contributed by atoms with Crippen molar-refractivity contribution in [1.82, 2.24) is 9.80 Å². The predicted molar refractivity (Wildman–Crippen MR) is 136 cm³/mol. The van der Waals surface area contributed by atoms with E-state index in [0.717, 1.165) is 35.4 Å². The third-order valence-electron chi connectivity index (χ3n) is 6.24. The number of aryl methyl sites for hydroxylation is 2. The number of nitrogens with zero attached hydrogens (tertiary/aromatic N) is 2. The number of urea groups is 1. The third-order valence-corrected chi connectivity index (χ3v) is 6.24. The number of nitrogens with one attached hydrogen (secondary N) is 1. The molecule has 0 saturated heterocycles. The molecule has 2 aromatic carbocycles. The van der Waals surface area contributed by atoms with Crippen LogP contribution < -0.4 is 5.32 Å². The maximum absolute atomic E-state index is 13.4. The molecule has 6 nitrogen and oxygen atoms in total. The van der Waals surface area contributed by atoms with Gasteiger partial charge in [0.15, 0.2) is 0 Å². The maximum atomic E-state index is 13.4. The minimum Gasteiger partial charge on any atom is -0.467 e. The Kier molecular flexibility index (Phi) is 8.91. The molecule has 1 N–H and O–H groups in total. The van der Waals surface area contributed by atoms with Gasteiger partial charge in [-0.1, -0.05) is 43.3 Å². The van der Waals surface area contributed by atoms with Gasteiger partial charge in [0.05, 0.1) is 12.8 Å². The molecular formula is C28H35N3O3. The molecule has 3 amide bonds. The Morgan fingerprint density at radius 3 is 2.41 bits per heavy atom. The Bertz CT molecular complexity index is 1060. The number of furan rings is 1. The molecule has 0 saturated carbocycles. The van der Waals surface area contributed by atoms with Crippen molar-refractivity contribution in [1.29, 1.82) is 0 Å². The first-order chi connectivity index (χ1) is 16.4. The second-order valence-electron chi connectivity index (χ2n) is 8.74. The molecule has 0 fully saturated rings. The van der Waals surface area contributed by atoms with Crippen molar-refractivity contribution in [2.24, 2.45) is 0 Å². The zero-order valence-corrected chi connectivity index (χ0v) is 20.6. The van der Waals surface area contributed by atoms with E-state index >= 15 is 0 Å². The highest BCUT2D eigenvalue weighted by atomic mass is 16.3. The molecule has 0 bridgehead atoms.